The number of rotatable bonds is 4. The lowest BCUT2D eigenvalue weighted by molar-refractivity contribution is -0.117. The Balaban J connectivity index is 1.80. The zero-order valence-electron chi connectivity index (χ0n) is 13.1. The Bertz CT molecular complexity index is 797. The fourth-order valence-corrected chi connectivity index (χ4v) is 3.46. The van der Waals surface area contributed by atoms with Gasteiger partial charge in [0, 0.05) is 24.8 Å². The van der Waals surface area contributed by atoms with Crippen LogP contribution in [0.5, 0.6) is 0 Å². The summed E-state index contributed by atoms with van der Waals surface area (Å²) in [6.07, 6.45) is 4.92. The third-order valence-corrected chi connectivity index (χ3v) is 4.79. The molecule has 2 amide bonds. The third kappa shape index (κ3) is 3.39. The molecule has 5 nitrogen and oxygen atoms in total. The molecule has 1 aromatic heterocycles. The van der Waals surface area contributed by atoms with E-state index >= 15 is 0 Å². The van der Waals surface area contributed by atoms with Crippen molar-refractivity contribution in [2.24, 2.45) is 0 Å². The van der Waals surface area contributed by atoms with Crippen LogP contribution in [0.1, 0.15) is 23.2 Å². The molecule has 1 N–H and O–H groups in total. The molecule has 2 aromatic rings. The predicted octanol–water partition coefficient (Wildman–Crippen LogP) is 3.84. The summed E-state index contributed by atoms with van der Waals surface area (Å²) in [6.45, 7) is 0.678. The Kier molecular flexibility index (Phi) is 5.06. The SMILES string of the molecule is CSc1ncccc1C(=O)Nc1ccc(N2CCCC2=O)c(Cl)c1. The highest BCUT2D eigenvalue weighted by molar-refractivity contribution is 7.98. The quantitative estimate of drug-likeness (QED) is 0.840. The number of thioether (sulfide) groups is 1. The van der Waals surface area contributed by atoms with Crippen LogP contribution in [0, 0.1) is 0 Å². The molecule has 1 aromatic carbocycles. The number of carbonyl (C=O) groups is 2. The molecule has 3 rings (SSSR count). The highest BCUT2D eigenvalue weighted by Gasteiger charge is 2.23. The van der Waals surface area contributed by atoms with Crippen LogP contribution in [0.25, 0.3) is 0 Å². The Morgan fingerprint density at radius 2 is 2.21 bits per heavy atom. The number of nitrogens with one attached hydrogen (secondary N) is 1. The first-order valence-electron chi connectivity index (χ1n) is 7.50. The van der Waals surface area contributed by atoms with E-state index in [1.54, 1.807) is 41.4 Å². The minimum absolute atomic E-state index is 0.0775. The summed E-state index contributed by atoms with van der Waals surface area (Å²) >= 11 is 7.72. The smallest absolute Gasteiger partial charge is 0.258 e. The number of halogens is 1. The van der Waals surface area contributed by atoms with E-state index in [1.165, 1.54) is 11.8 Å². The molecule has 0 aliphatic carbocycles. The maximum atomic E-state index is 12.4. The molecular formula is C17H16ClN3O2S. The molecule has 7 heteroatoms. The van der Waals surface area contributed by atoms with Gasteiger partial charge in [-0.1, -0.05) is 11.6 Å². The molecule has 2 heterocycles. The van der Waals surface area contributed by atoms with Crippen LogP contribution in [0.4, 0.5) is 11.4 Å². The van der Waals surface area contributed by atoms with E-state index in [0.29, 0.717) is 40.0 Å². The Labute approximate surface area is 149 Å². The lowest BCUT2D eigenvalue weighted by atomic mass is 10.2. The molecule has 1 aliphatic heterocycles. The average molecular weight is 362 g/mol. The first kappa shape index (κ1) is 16.8. The maximum absolute atomic E-state index is 12.4. The summed E-state index contributed by atoms with van der Waals surface area (Å²) in [6, 6.07) is 8.63. The van der Waals surface area contributed by atoms with Crippen LogP contribution in [-0.2, 0) is 4.79 Å². The van der Waals surface area contributed by atoms with Crippen molar-refractivity contribution < 1.29 is 9.59 Å². The zero-order chi connectivity index (χ0) is 17.1. The maximum Gasteiger partial charge on any atom is 0.258 e. The van der Waals surface area contributed by atoms with Gasteiger partial charge in [0.2, 0.25) is 5.91 Å². The van der Waals surface area contributed by atoms with E-state index in [0.717, 1.165) is 6.42 Å². The zero-order valence-corrected chi connectivity index (χ0v) is 14.7. The molecule has 0 saturated carbocycles. The number of hydrogen-bond donors (Lipinski definition) is 1. The minimum Gasteiger partial charge on any atom is -0.322 e. The lowest BCUT2D eigenvalue weighted by Gasteiger charge is -2.18. The predicted molar refractivity (Wildman–Crippen MR) is 97.0 cm³/mol. The van der Waals surface area contributed by atoms with Crippen molar-refractivity contribution in [1.29, 1.82) is 0 Å². The normalized spacial score (nSPS) is 14.1. The summed E-state index contributed by atoms with van der Waals surface area (Å²) < 4.78 is 0. The molecule has 0 unspecified atom stereocenters. The van der Waals surface area contributed by atoms with Crippen molar-refractivity contribution in [3.8, 4) is 0 Å². The average Bonchev–Trinajstić information content (AvgIpc) is 3.00. The first-order chi connectivity index (χ1) is 11.6. The largest absolute Gasteiger partial charge is 0.322 e. The van der Waals surface area contributed by atoms with Gasteiger partial charge in [0.05, 0.1) is 16.3 Å². The summed E-state index contributed by atoms with van der Waals surface area (Å²) in [5.41, 5.74) is 1.78. The molecule has 1 aliphatic rings. The summed E-state index contributed by atoms with van der Waals surface area (Å²) in [7, 11) is 0. The van der Waals surface area contributed by atoms with Crippen LogP contribution in [0.15, 0.2) is 41.6 Å². The Hall–Kier alpha value is -2.05. The third-order valence-electron chi connectivity index (χ3n) is 3.78. The minimum atomic E-state index is -0.242. The fraction of sp³-hybridized carbons (Fsp3) is 0.235. The molecule has 0 spiro atoms. The van der Waals surface area contributed by atoms with Crippen molar-refractivity contribution in [2.45, 2.75) is 17.9 Å². The molecule has 24 heavy (non-hydrogen) atoms. The number of hydrogen-bond acceptors (Lipinski definition) is 4. The number of carbonyl (C=O) groups excluding carboxylic acids is 2. The second-order valence-corrected chi connectivity index (χ2v) is 6.53. The van der Waals surface area contributed by atoms with Crippen LogP contribution in [-0.4, -0.2) is 29.6 Å². The van der Waals surface area contributed by atoms with Crippen LogP contribution < -0.4 is 10.2 Å². The molecule has 124 valence electrons. The van der Waals surface area contributed by atoms with Gasteiger partial charge < -0.3 is 10.2 Å². The van der Waals surface area contributed by atoms with Gasteiger partial charge in [-0.2, -0.15) is 0 Å². The monoisotopic (exact) mass is 361 g/mol. The van der Waals surface area contributed by atoms with Gasteiger partial charge in [-0.3, -0.25) is 9.59 Å². The molecule has 0 atom stereocenters. The van der Waals surface area contributed by atoms with Gasteiger partial charge in [0.15, 0.2) is 0 Å². The number of nitrogens with zero attached hydrogens (tertiary/aromatic N) is 2. The Morgan fingerprint density at radius 1 is 1.38 bits per heavy atom. The molecular weight excluding hydrogens is 346 g/mol. The highest BCUT2D eigenvalue weighted by atomic mass is 35.5. The standard InChI is InChI=1S/C17H16ClN3O2S/c1-24-17-12(4-2-8-19-17)16(23)20-11-6-7-14(13(18)10-11)21-9-3-5-15(21)22/h2,4,6-8,10H,3,5,9H2,1H3,(H,20,23). The van der Waals surface area contributed by atoms with E-state index in [1.807, 2.05) is 6.26 Å². The van der Waals surface area contributed by atoms with Crippen LogP contribution >= 0.6 is 23.4 Å². The van der Waals surface area contributed by atoms with E-state index in [-0.39, 0.29) is 11.8 Å². The number of amides is 2. The topological polar surface area (TPSA) is 62.3 Å². The van der Waals surface area contributed by atoms with Crippen molar-refractivity contribution in [1.82, 2.24) is 4.98 Å². The number of benzene rings is 1. The van der Waals surface area contributed by atoms with Crippen LogP contribution in [0.2, 0.25) is 5.02 Å². The van der Waals surface area contributed by atoms with Crippen molar-refractivity contribution in [3.63, 3.8) is 0 Å². The van der Waals surface area contributed by atoms with E-state index in [2.05, 4.69) is 10.3 Å². The Morgan fingerprint density at radius 3 is 2.88 bits per heavy atom. The van der Waals surface area contributed by atoms with E-state index < -0.39 is 0 Å². The lowest BCUT2D eigenvalue weighted by Crippen LogP contribution is -2.24. The number of anilines is 2. The molecule has 1 saturated heterocycles. The van der Waals surface area contributed by atoms with Gasteiger partial charge in [-0.15, -0.1) is 11.8 Å². The van der Waals surface area contributed by atoms with Gasteiger partial charge in [0.25, 0.3) is 5.91 Å². The summed E-state index contributed by atoms with van der Waals surface area (Å²) in [4.78, 5) is 30.1. The molecule has 0 radical (unpaired) electrons. The van der Waals surface area contributed by atoms with Crippen molar-refractivity contribution in [2.75, 3.05) is 23.0 Å². The second-order valence-electron chi connectivity index (χ2n) is 5.33. The second kappa shape index (κ2) is 7.23. The van der Waals surface area contributed by atoms with Crippen LogP contribution in [0.3, 0.4) is 0 Å². The van der Waals surface area contributed by atoms with Gasteiger partial charge in [0.1, 0.15) is 5.03 Å². The number of aromatic nitrogens is 1. The fourth-order valence-electron chi connectivity index (χ4n) is 2.63. The summed E-state index contributed by atoms with van der Waals surface area (Å²) in [5, 5.41) is 3.93. The van der Waals surface area contributed by atoms with Gasteiger partial charge >= 0.3 is 0 Å². The number of pyridine rings is 1. The molecule has 0 bridgehead atoms. The van der Waals surface area contributed by atoms with Crippen molar-refractivity contribution >= 4 is 46.6 Å². The van der Waals surface area contributed by atoms with E-state index in [9.17, 15) is 9.59 Å². The highest BCUT2D eigenvalue weighted by Crippen LogP contribution is 2.32. The van der Waals surface area contributed by atoms with E-state index in [4.69, 9.17) is 11.6 Å². The van der Waals surface area contributed by atoms with Crippen molar-refractivity contribution in [3.05, 3.63) is 47.1 Å². The summed E-state index contributed by atoms with van der Waals surface area (Å²) in [5.74, 6) is -0.165. The molecule has 1 fully saturated rings. The van der Waals surface area contributed by atoms with Gasteiger partial charge in [-0.25, -0.2) is 4.98 Å². The first-order valence-corrected chi connectivity index (χ1v) is 9.10. The van der Waals surface area contributed by atoms with Gasteiger partial charge in [-0.05, 0) is 43.0 Å².